The van der Waals surface area contributed by atoms with Gasteiger partial charge in [0.25, 0.3) is 5.69 Å². The van der Waals surface area contributed by atoms with E-state index in [0.29, 0.717) is 11.3 Å². The molecule has 0 bridgehead atoms. The normalized spacial score (nSPS) is 13.2. The molecule has 0 aromatic heterocycles. The summed E-state index contributed by atoms with van der Waals surface area (Å²) in [5.74, 6) is -1.77. The molecule has 1 saturated heterocycles. The lowest BCUT2D eigenvalue weighted by molar-refractivity contribution is -0.384. The molecule has 1 fully saturated rings. The quantitative estimate of drug-likeness (QED) is 0.160. The largest absolute Gasteiger partial charge is 0.447 e. The second kappa shape index (κ2) is 17.7. The summed E-state index contributed by atoms with van der Waals surface area (Å²) >= 11 is 0. The van der Waals surface area contributed by atoms with Crippen LogP contribution in [0.3, 0.4) is 0 Å². The van der Waals surface area contributed by atoms with Gasteiger partial charge in [-0.05, 0) is 54.8 Å². The van der Waals surface area contributed by atoms with Gasteiger partial charge in [-0.1, -0.05) is 66.7 Å². The van der Waals surface area contributed by atoms with E-state index < -0.39 is 34.8 Å². The van der Waals surface area contributed by atoms with Crippen LogP contribution in [0.4, 0.5) is 25.0 Å². The van der Waals surface area contributed by atoms with Crippen LogP contribution in [-0.2, 0) is 9.53 Å². The number of nitrogens with one attached hydrogen (secondary N) is 1. The van der Waals surface area contributed by atoms with Crippen LogP contribution in [0.5, 0.6) is 0 Å². The first-order valence-corrected chi connectivity index (χ1v) is 13.8. The van der Waals surface area contributed by atoms with Crippen LogP contribution < -0.4 is 5.32 Å². The van der Waals surface area contributed by atoms with Gasteiger partial charge in [0.2, 0.25) is 5.91 Å². The number of benzene rings is 4. The Morgan fingerprint density at radius 1 is 0.864 bits per heavy atom. The van der Waals surface area contributed by atoms with Crippen molar-refractivity contribution in [3.8, 4) is 0 Å². The van der Waals surface area contributed by atoms with Crippen molar-refractivity contribution in [3.63, 3.8) is 0 Å². The number of nitro groups is 1. The first kappa shape index (κ1) is 33.3. The number of rotatable bonds is 9. The van der Waals surface area contributed by atoms with E-state index in [4.69, 9.17) is 4.74 Å². The Morgan fingerprint density at radius 2 is 1.39 bits per heavy atom. The second-order valence-electron chi connectivity index (χ2n) is 9.58. The molecule has 44 heavy (non-hydrogen) atoms. The first-order chi connectivity index (χ1) is 21.2. The molecule has 11 heteroatoms. The number of nitrogens with zero attached hydrogens (tertiary/aromatic N) is 2. The molecule has 1 heterocycles. The minimum atomic E-state index is -0.873. The van der Waals surface area contributed by atoms with Crippen molar-refractivity contribution in [2.45, 2.75) is 18.9 Å². The van der Waals surface area contributed by atoms with Crippen molar-refractivity contribution in [2.24, 2.45) is 5.92 Å². The van der Waals surface area contributed by atoms with Crippen LogP contribution in [0.1, 0.15) is 24.5 Å². The molecule has 4 aromatic rings. The predicted molar refractivity (Wildman–Crippen MR) is 162 cm³/mol. The molecule has 4 aromatic carbocycles. The second-order valence-corrected chi connectivity index (χ2v) is 9.58. The van der Waals surface area contributed by atoms with Crippen molar-refractivity contribution in [1.29, 1.82) is 0 Å². The van der Waals surface area contributed by atoms with Crippen molar-refractivity contribution in [3.05, 3.63) is 143 Å². The minimum absolute atomic E-state index is 0.137. The summed E-state index contributed by atoms with van der Waals surface area (Å²) in [6, 6.07) is 31.1. The summed E-state index contributed by atoms with van der Waals surface area (Å²) < 4.78 is 31.0. The summed E-state index contributed by atoms with van der Waals surface area (Å²) in [7, 11) is 0. The molecule has 2 N–H and O–H groups in total. The summed E-state index contributed by atoms with van der Waals surface area (Å²) in [6.45, 7) is 0.538. The zero-order chi connectivity index (χ0) is 31.7. The average molecular weight is 606 g/mol. The molecule has 1 aliphatic rings. The summed E-state index contributed by atoms with van der Waals surface area (Å²) in [5, 5.41) is 23.4. The van der Waals surface area contributed by atoms with E-state index in [2.05, 4.69) is 5.32 Å². The maximum Gasteiger partial charge on any atom is 0.416 e. The first-order valence-electron chi connectivity index (χ1n) is 13.8. The smallest absolute Gasteiger partial charge is 0.416 e. The van der Waals surface area contributed by atoms with Gasteiger partial charge >= 0.3 is 6.09 Å². The maximum atomic E-state index is 13.1. The molecule has 230 valence electrons. The third kappa shape index (κ3) is 11.3. The SMILES string of the molecule is O=C1OCCN1C(=O)[C@H](CC[C@H](O)c1ccc(F)cc1)CNc1ccc(F)cc1.O=[N+]([O-])c1ccccc1.c1ccccc1. The predicted octanol–water partition coefficient (Wildman–Crippen LogP) is 6.77. The van der Waals surface area contributed by atoms with Gasteiger partial charge in [0, 0.05) is 24.4 Å². The van der Waals surface area contributed by atoms with Crippen molar-refractivity contribution in [2.75, 3.05) is 25.0 Å². The lowest BCUT2D eigenvalue weighted by Gasteiger charge is -2.22. The highest BCUT2D eigenvalue weighted by Crippen LogP contribution is 2.24. The Labute approximate surface area is 253 Å². The van der Waals surface area contributed by atoms with Gasteiger partial charge in [-0.3, -0.25) is 14.9 Å². The molecule has 0 radical (unpaired) electrons. The number of carbonyl (C=O) groups excluding carboxylic acids is 2. The maximum absolute atomic E-state index is 13.1. The molecule has 0 saturated carbocycles. The zero-order valence-corrected chi connectivity index (χ0v) is 23.8. The molecule has 0 aliphatic carbocycles. The number of aliphatic hydroxyl groups is 1. The molecular formula is C33H33F2N3O6. The van der Waals surface area contributed by atoms with Gasteiger partial charge < -0.3 is 15.2 Å². The average Bonchev–Trinajstić information content (AvgIpc) is 3.49. The standard InChI is InChI=1S/C21H22F2N2O4.C6H5NO2.C6H6/c22-16-4-1-14(2-5-16)19(26)10-3-15(20(27)25-11-12-29-21(25)28)13-24-18-8-6-17(23)7-9-18;8-7(9)6-4-2-1-3-5-6;1-2-4-6-5-3-1/h1-2,4-9,15,19,24,26H,3,10-13H2;1-5H;1-6H/t15-,19+;;/m1../s1. The number of ether oxygens (including phenoxy) is 1. The third-order valence-electron chi connectivity index (χ3n) is 6.45. The number of amides is 2. The molecule has 2 atom stereocenters. The number of anilines is 1. The highest BCUT2D eigenvalue weighted by Gasteiger charge is 2.33. The van der Waals surface area contributed by atoms with Crippen molar-refractivity contribution >= 4 is 23.4 Å². The van der Waals surface area contributed by atoms with E-state index >= 15 is 0 Å². The van der Waals surface area contributed by atoms with E-state index in [1.54, 1.807) is 30.3 Å². The number of nitro benzene ring substituents is 1. The molecule has 5 rings (SSSR count). The minimum Gasteiger partial charge on any atom is -0.447 e. The van der Waals surface area contributed by atoms with E-state index in [0.717, 1.165) is 4.90 Å². The monoisotopic (exact) mass is 605 g/mol. The van der Waals surface area contributed by atoms with Gasteiger partial charge in [-0.25, -0.2) is 18.5 Å². The van der Waals surface area contributed by atoms with Gasteiger partial charge in [0.15, 0.2) is 0 Å². The highest BCUT2D eigenvalue weighted by atomic mass is 19.1. The Hall–Kier alpha value is -5.16. The number of cyclic esters (lactones) is 1. The third-order valence-corrected chi connectivity index (χ3v) is 6.45. The molecule has 0 unspecified atom stereocenters. The van der Waals surface area contributed by atoms with E-state index in [1.165, 1.54) is 48.5 Å². The van der Waals surface area contributed by atoms with E-state index in [9.17, 15) is 33.6 Å². The number of halogens is 2. The lowest BCUT2D eigenvalue weighted by Crippen LogP contribution is -2.39. The van der Waals surface area contributed by atoms with Crippen molar-refractivity contribution < 1.29 is 33.1 Å². The van der Waals surface area contributed by atoms with Crippen LogP contribution in [0.25, 0.3) is 0 Å². The van der Waals surface area contributed by atoms with Gasteiger partial charge in [-0.2, -0.15) is 0 Å². The Balaban J connectivity index is 0.000000285. The molecule has 0 spiro atoms. The lowest BCUT2D eigenvalue weighted by atomic mass is 9.96. The molecule has 2 amide bonds. The number of para-hydroxylation sites is 1. The molecule has 1 aliphatic heterocycles. The van der Waals surface area contributed by atoms with Crippen LogP contribution in [0.15, 0.2) is 115 Å². The number of imide groups is 1. The fourth-order valence-corrected chi connectivity index (χ4v) is 4.08. The van der Waals surface area contributed by atoms with Crippen LogP contribution >= 0.6 is 0 Å². The van der Waals surface area contributed by atoms with Gasteiger partial charge in [-0.15, -0.1) is 0 Å². The number of hydrogen-bond acceptors (Lipinski definition) is 7. The Bertz CT molecular complexity index is 1420. The Morgan fingerprint density at radius 3 is 1.86 bits per heavy atom. The van der Waals surface area contributed by atoms with Gasteiger partial charge in [0.1, 0.15) is 18.2 Å². The van der Waals surface area contributed by atoms with Gasteiger partial charge in [0.05, 0.1) is 23.5 Å². The summed E-state index contributed by atoms with van der Waals surface area (Å²) in [4.78, 5) is 35.2. The summed E-state index contributed by atoms with van der Waals surface area (Å²) in [6.07, 6.45) is -1.02. The highest BCUT2D eigenvalue weighted by molar-refractivity contribution is 5.94. The molecular weight excluding hydrogens is 572 g/mol. The van der Waals surface area contributed by atoms with Crippen LogP contribution in [0.2, 0.25) is 0 Å². The Kier molecular flexibility index (Phi) is 13.4. The number of hydrogen-bond donors (Lipinski definition) is 2. The summed E-state index contributed by atoms with van der Waals surface area (Å²) in [5.41, 5.74) is 1.31. The fraction of sp³-hybridized carbons (Fsp3) is 0.212. The number of carbonyl (C=O) groups is 2. The van der Waals surface area contributed by atoms with Crippen LogP contribution in [-0.4, -0.2) is 46.6 Å². The number of non-ortho nitro benzene ring substituents is 1. The number of aliphatic hydroxyl groups excluding tert-OH is 1. The van der Waals surface area contributed by atoms with E-state index in [-0.39, 0.29) is 44.0 Å². The van der Waals surface area contributed by atoms with Crippen LogP contribution in [0, 0.1) is 27.7 Å². The van der Waals surface area contributed by atoms with E-state index in [1.807, 2.05) is 36.4 Å². The molecule has 9 nitrogen and oxygen atoms in total. The van der Waals surface area contributed by atoms with Crippen molar-refractivity contribution in [1.82, 2.24) is 4.90 Å². The fourth-order valence-electron chi connectivity index (χ4n) is 4.08. The zero-order valence-electron chi connectivity index (χ0n) is 23.8. The topological polar surface area (TPSA) is 122 Å².